The summed E-state index contributed by atoms with van der Waals surface area (Å²) in [5.41, 5.74) is 7.34. The van der Waals surface area contributed by atoms with E-state index >= 15 is 0 Å². The lowest BCUT2D eigenvalue weighted by atomic mass is 9.85. The van der Waals surface area contributed by atoms with Gasteiger partial charge in [0.25, 0.3) is 5.91 Å². The molecule has 6 heteroatoms. The normalized spacial score (nSPS) is 15.0. The smallest absolute Gasteiger partial charge is 0.345 e. The highest BCUT2D eigenvalue weighted by Crippen LogP contribution is 2.36. The van der Waals surface area contributed by atoms with Gasteiger partial charge in [0.1, 0.15) is 5.75 Å². The number of rotatable bonds is 9. The molecule has 1 fully saturated rings. The highest BCUT2D eigenvalue weighted by molar-refractivity contribution is 5.99. The lowest BCUT2D eigenvalue weighted by Gasteiger charge is -2.22. The van der Waals surface area contributed by atoms with Crippen LogP contribution < -0.4 is 10.1 Å². The Morgan fingerprint density at radius 1 is 1.05 bits per heavy atom. The number of ether oxygens (including phenoxy) is 1. The molecule has 2 atom stereocenters. The molecule has 3 aromatic carbocycles. The van der Waals surface area contributed by atoms with Crippen LogP contribution in [0, 0.1) is 12.8 Å². The first-order chi connectivity index (χ1) is 19.4. The van der Waals surface area contributed by atoms with Gasteiger partial charge in [-0.3, -0.25) is 4.79 Å². The fourth-order valence-electron chi connectivity index (χ4n) is 5.47. The Bertz CT molecular complexity index is 1610. The molecule has 2 N–H and O–H groups in total. The van der Waals surface area contributed by atoms with Gasteiger partial charge >= 0.3 is 5.97 Å². The quantitative estimate of drug-likeness (QED) is 0.232. The average Bonchev–Trinajstić information content (AvgIpc) is 3.75. The number of carboxylic acids is 1. The van der Waals surface area contributed by atoms with Crippen molar-refractivity contribution in [3.63, 3.8) is 0 Å². The number of hydrogen-bond acceptors (Lipinski definition) is 3. The molecule has 4 aromatic rings. The monoisotopic (exact) mass is 552 g/mol. The molecule has 0 bridgehead atoms. The Morgan fingerprint density at radius 2 is 1.78 bits per heavy atom. The SMILES string of the molecule is Cc1c(Cc2cccc(OC(C(=O)O)C3CC3)c2)c2ccc(C(=O)N[C@@H](C)c3cccc(C(C)(C)C)c3)cc2n1C. The topological polar surface area (TPSA) is 80.6 Å². The van der Waals surface area contributed by atoms with Crippen molar-refractivity contribution in [1.82, 2.24) is 9.88 Å². The number of carboxylic acid groups (broad SMARTS) is 1. The third-order valence-electron chi connectivity index (χ3n) is 8.32. The van der Waals surface area contributed by atoms with Crippen LogP contribution in [0.1, 0.15) is 84.9 Å². The largest absolute Gasteiger partial charge is 0.478 e. The fourth-order valence-corrected chi connectivity index (χ4v) is 5.47. The van der Waals surface area contributed by atoms with E-state index in [1.165, 1.54) is 11.1 Å². The number of nitrogens with one attached hydrogen (secondary N) is 1. The zero-order chi connectivity index (χ0) is 29.5. The van der Waals surface area contributed by atoms with E-state index in [-0.39, 0.29) is 23.3 Å². The molecule has 6 nitrogen and oxygen atoms in total. The number of aromatic nitrogens is 1. The molecule has 1 aromatic heterocycles. The standard InChI is InChI=1S/C35H40N2O4/c1-21(25-10-8-11-27(19-25)35(3,4)5)36-33(38)26-15-16-29-30(22(2)37(6)31(29)20-26)18-23-9-7-12-28(17-23)41-32(34(39)40)24-13-14-24/h7-12,15-17,19-21,24,32H,13-14,18H2,1-6H3,(H,36,38)(H,39,40)/t21-,32?/m0/s1. The molecule has 1 amide bonds. The lowest BCUT2D eigenvalue weighted by Crippen LogP contribution is -2.29. The number of aryl methyl sites for hydroxylation is 1. The van der Waals surface area contributed by atoms with Crippen LogP contribution in [0.5, 0.6) is 5.75 Å². The van der Waals surface area contributed by atoms with E-state index < -0.39 is 12.1 Å². The van der Waals surface area contributed by atoms with Crippen molar-refractivity contribution < 1.29 is 19.4 Å². The Labute approximate surface area is 242 Å². The van der Waals surface area contributed by atoms with Crippen LogP contribution in [0.4, 0.5) is 0 Å². The Hall–Kier alpha value is -4.06. The van der Waals surface area contributed by atoms with E-state index in [1.54, 1.807) is 0 Å². The zero-order valence-electron chi connectivity index (χ0n) is 24.8. The summed E-state index contributed by atoms with van der Waals surface area (Å²) >= 11 is 0. The van der Waals surface area contributed by atoms with Gasteiger partial charge in [0, 0.05) is 35.1 Å². The summed E-state index contributed by atoms with van der Waals surface area (Å²) in [6.45, 7) is 10.7. The number of carbonyl (C=O) groups is 2. The predicted molar refractivity (Wildman–Crippen MR) is 163 cm³/mol. The van der Waals surface area contributed by atoms with Crippen LogP contribution in [-0.4, -0.2) is 27.7 Å². The number of hydrogen-bond donors (Lipinski definition) is 2. The minimum absolute atomic E-state index is 0.0404. The van der Waals surface area contributed by atoms with E-state index in [9.17, 15) is 14.7 Å². The molecule has 1 aliphatic rings. The van der Waals surface area contributed by atoms with Gasteiger partial charge in [-0.15, -0.1) is 0 Å². The van der Waals surface area contributed by atoms with Crippen molar-refractivity contribution in [2.24, 2.45) is 13.0 Å². The van der Waals surface area contributed by atoms with Gasteiger partial charge in [-0.25, -0.2) is 4.79 Å². The van der Waals surface area contributed by atoms with Gasteiger partial charge in [-0.1, -0.05) is 63.2 Å². The van der Waals surface area contributed by atoms with Crippen molar-refractivity contribution in [1.29, 1.82) is 0 Å². The number of fused-ring (bicyclic) bond motifs is 1. The summed E-state index contributed by atoms with van der Waals surface area (Å²) in [6, 6.07) is 21.9. The first kappa shape index (κ1) is 28.5. The zero-order valence-corrected chi connectivity index (χ0v) is 24.8. The van der Waals surface area contributed by atoms with E-state index in [0.717, 1.165) is 40.6 Å². The van der Waals surface area contributed by atoms with Crippen molar-refractivity contribution >= 4 is 22.8 Å². The van der Waals surface area contributed by atoms with Gasteiger partial charge < -0.3 is 19.7 Å². The van der Waals surface area contributed by atoms with Crippen LogP contribution in [-0.2, 0) is 23.7 Å². The van der Waals surface area contributed by atoms with Crippen molar-refractivity contribution in [2.75, 3.05) is 0 Å². The van der Waals surface area contributed by atoms with Gasteiger partial charge in [0.2, 0.25) is 0 Å². The molecule has 0 aliphatic heterocycles. The van der Waals surface area contributed by atoms with Crippen LogP contribution in [0.25, 0.3) is 10.9 Å². The van der Waals surface area contributed by atoms with E-state index in [1.807, 2.05) is 56.4 Å². The minimum Gasteiger partial charge on any atom is -0.478 e. The first-order valence-electron chi connectivity index (χ1n) is 14.4. The summed E-state index contributed by atoms with van der Waals surface area (Å²) in [4.78, 5) is 25.0. The van der Waals surface area contributed by atoms with Crippen molar-refractivity contribution in [2.45, 2.75) is 71.4 Å². The molecule has 0 saturated heterocycles. The second-order valence-corrected chi connectivity index (χ2v) is 12.5. The molecule has 1 heterocycles. The van der Waals surface area contributed by atoms with Gasteiger partial charge in [0.05, 0.1) is 6.04 Å². The second-order valence-electron chi connectivity index (χ2n) is 12.5. The summed E-state index contributed by atoms with van der Waals surface area (Å²) < 4.78 is 8.01. The first-order valence-corrected chi connectivity index (χ1v) is 14.4. The number of benzene rings is 3. The number of carbonyl (C=O) groups excluding carboxylic acids is 1. The number of aliphatic carboxylic acids is 1. The molecule has 5 rings (SSSR count). The van der Waals surface area contributed by atoms with Crippen molar-refractivity contribution in [3.05, 3.63) is 100 Å². The van der Waals surface area contributed by atoms with Gasteiger partial charge in [-0.2, -0.15) is 0 Å². The van der Waals surface area contributed by atoms with Crippen LogP contribution >= 0.6 is 0 Å². The third-order valence-corrected chi connectivity index (χ3v) is 8.32. The predicted octanol–water partition coefficient (Wildman–Crippen LogP) is 7.11. The third kappa shape index (κ3) is 6.17. The molecular formula is C35H40N2O4. The van der Waals surface area contributed by atoms with Crippen LogP contribution in [0.15, 0.2) is 66.7 Å². The van der Waals surface area contributed by atoms with Crippen molar-refractivity contribution in [3.8, 4) is 5.75 Å². The summed E-state index contributed by atoms with van der Waals surface area (Å²) in [5.74, 6) is -0.328. The maximum atomic E-state index is 13.3. The van der Waals surface area contributed by atoms with Gasteiger partial charge in [-0.05, 0) is 85.0 Å². The number of amides is 1. The van der Waals surface area contributed by atoms with Gasteiger partial charge in [0.15, 0.2) is 6.10 Å². The van der Waals surface area contributed by atoms with E-state index in [4.69, 9.17) is 4.74 Å². The highest BCUT2D eigenvalue weighted by atomic mass is 16.5. The fraction of sp³-hybridized carbons (Fsp3) is 0.371. The number of nitrogens with zero attached hydrogens (tertiary/aromatic N) is 1. The molecular weight excluding hydrogens is 512 g/mol. The maximum absolute atomic E-state index is 13.3. The summed E-state index contributed by atoms with van der Waals surface area (Å²) in [5, 5.41) is 13.8. The Balaban J connectivity index is 1.35. The Kier molecular flexibility index (Phi) is 7.69. The molecule has 0 radical (unpaired) electrons. The van der Waals surface area contributed by atoms with Crippen LogP contribution in [0.3, 0.4) is 0 Å². The molecule has 1 aliphatic carbocycles. The maximum Gasteiger partial charge on any atom is 0.345 e. The molecule has 1 saturated carbocycles. The summed E-state index contributed by atoms with van der Waals surface area (Å²) in [6.07, 6.45) is 1.68. The molecule has 1 unspecified atom stereocenters. The average molecular weight is 553 g/mol. The minimum atomic E-state index is -0.907. The lowest BCUT2D eigenvalue weighted by molar-refractivity contribution is -0.146. The molecule has 0 spiro atoms. The van der Waals surface area contributed by atoms with E-state index in [0.29, 0.717) is 17.7 Å². The molecule has 214 valence electrons. The van der Waals surface area contributed by atoms with Crippen LogP contribution in [0.2, 0.25) is 0 Å². The highest BCUT2D eigenvalue weighted by Gasteiger charge is 2.38. The summed E-state index contributed by atoms with van der Waals surface area (Å²) in [7, 11) is 2.02. The Morgan fingerprint density at radius 3 is 2.46 bits per heavy atom. The molecule has 41 heavy (non-hydrogen) atoms. The van der Waals surface area contributed by atoms with E-state index in [2.05, 4.69) is 61.8 Å². The second kappa shape index (κ2) is 11.1.